The van der Waals surface area contributed by atoms with Gasteiger partial charge in [0.05, 0.1) is 5.56 Å². The molecule has 0 spiro atoms. The molecule has 1 atom stereocenters. The largest absolute Gasteiger partial charge is 0.352 e. The van der Waals surface area contributed by atoms with Crippen LogP contribution < -0.4 is 10.6 Å². The molecule has 1 aliphatic rings. The van der Waals surface area contributed by atoms with Crippen LogP contribution in [0.2, 0.25) is 0 Å². The molecule has 2 aromatic heterocycles. The minimum Gasteiger partial charge on any atom is -0.352 e. The summed E-state index contributed by atoms with van der Waals surface area (Å²) in [4.78, 5) is 14.6. The van der Waals surface area contributed by atoms with E-state index in [0.29, 0.717) is 0 Å². The van der Waals surface area contributed by atoms with Crippen molar-refractivity contribution in [2.45, 2.75) is 26.9 Å². The molecular formula is C13H14N2OS2. The van der Waals surface area contributed by atoms with Gasteiger partial charge in [-0.2, -0.15) is 0 Å². The minimum atomic E-state index is -0.0950. The van der Waals surface area contributed by atoms with E-state index in [4.69, 9.17) is 0 Å². The normalized spacial score (nSPS) is 18.2. The van der Waals surface area contributed by atoms with Crippen LogP contribution in [0.3, 0.4) is 0 Å². The van der Waals surface area contributed by atoms with E-state index in [2.05, 4.69) is 35.9 Å². The zero-order valence-corrected chi connectivity index (χ0v) is 12.1. The predicted octanol–water partition coefficient (Wildman–Crippen LogP) is 3.59. The van der Waals surface area contributed by atoms with Crippen LogP contribution in [0.15, 0.2) is 11.4 Å². The van der Waals surface area contributed by atoms with E-state index in [-0.39, 0.29) is 12.1 Å². The van der Waals surface area contributed by atoms with Crippen molar-refractivity contribution in [2.24, 2.45) is 0 Å². The van der Waals surface area contributed by atoms with Crippen molar-refractivity contribution < 1.29 is 4.79 Å². The quantitative estimate of drug-likeness (QED) is 0.837. The van der Waals surface area contributed by atoms with Crippen molar-refractivity contribution in [3.63, 3.8) is 0 Å². The Labute approximate surface area is 114 Å². The molecule has 3 nitrogen and oxygen atoms in total. The summed E-state index contributed by atoms with van der Waals surface area (Å²) in [5, 5.41) is 9.51. The number of anilines is 1. The average Bonchev–Trinajstić information content (AvgIpc) is 2.84. The highest BCUT2D eigenvalue weighted by atomic mass is 32.1. The zero-order chi connectivity index (χ0) is 12.9. The summed E-state index contributed by atoms with van der Waals surface area (Å²) < 4.78 is 0. The number of rotatable bonds is 1. The van der Waals surface area contributed by atoms with E-state index in [0.717, 1.165) is 16.1 Å². The highest BCUT2D eigenvalue weighted by Gasteiger charge is 2.29. The molecule has 0 fully saturated rings. The molecule has 0 radical (unpaired) electrons. The molecule has 1 aliphatic heterocycles. The van der Waals surface area contributed by atoms with Crippen LogP contribution in [0.25, 0.3) is 0 Å². The molecule has 3 rings (SSSR count). The van der Waals surface area contributed by atoms with Crippen molar-refractivity contribution in [2.75, 3.05) is 5.32 Å². The molecule has 2 aromatic rings. The van der Waals surface area contributed by atoms with Crippen molar-refractivity contribution in [3.8, 4) is 0 Å². The number of nitrogens with one attached hydrogen (secondary N) is 2. The second kappa shape index (κ2) is 4.10. The SMILES string of the molecule is Cc1ccsc1C1NC(=O)c2c(sc(C)c2C)N1. The van der Waals surface area contributed by atoms with E-state index in [1.54, 1.807) is 22.7 Å². The fourth-order valence-electron chi connectivity index (χ4n) is 2.18. The monoisotopic (exact) mass is 278 g/mol. The first-order valence-electron chi connectivity index (χ1n) is 5.79. The molecule has 0 saturated heterocycles. The summed E-state index contributed by atoms with van der Waals surface area (Å²) in [7, 11) is 0. The van der Waals surface area contributed by atoms with E-state index >= 15 is 0 Å². The highest BCUT2D eigenvalue weighted by Crippen LogP contribution is 2.38. The van der Waals surface area contributed by atoms with Gasteiger partial charge in [0.2, 0.25) is 0 Å². The van der Waals surface area contributed by atoms with Crippen LogP contribution in [-0.2, 0) is 0 Å². The number of carbonyl (C=O) groups is 1. The van der Waals surface area contributed by atoms with Gasteiger partial charge in [-0.1, -0.05) is 0 Å². The summed E-state index contributed by atoms with van der Waals surface area (Å²) in [6, 6.07) is 2.08. The van der Waals surface area contributed by atoms with Crippen LogP contribution in [0.5, 0.6) is 0 Å². The van der Waals surface area contributed by atoms with E-state index in [1.807, 2.05) is 6.92 Å². The highest BCUT2D eigenvalue weighted by molar-refractivity contribution is 7.16. The number of fused-ring (bicyclic) bond motifs is 1. The first kappa shape index (κ1) is 11.7. The lowest BCUT2D eigenvalue weighted by atomic mass is 10.1. The van der Waals surface area contributed by atoms with Crippen LogP contribution in [0, 0.1) is 20.8 Å². The summed E-state index contributed by atoms with van der Waals surface area (Å²) in [5.41, 5.74) is 3.11. The van der Waals surface area contributed by atoms with Crippen molar-refractivity contribution in [1.29, 1.82) is 0 Å². The summed E-state index contributed by atoms with van der Waals surface area (Å²) in [6.45, 7) is 6.13. The molecule has 0 aliphatic carbocycles. The fourth-order valence-corrected chi connectivity index (χ4v) is 4.20. The molecule has 3 heterocycles. The second-order valence-corrected chi connectivity index (χ2v) is 6.68. The van der Waals surface area contributed by atoms with Crippen LogP contribution in [0.1, 0.15) is 37.4 Å². The Hall–Kier alpha value is -1.33. The minimum absolute atomic E-state index is 0.0309. The lowest BCUT2D eigenvalue weighted by molar-refractivity contribution is 0.0936. The van der Waals surface area contributed by atoms with E-state index < -0.39 is 0 Å². The third-order valence-electron chi connectivity index (χ3n) is 3.33. The first-order chi connectivity index (χ1) is 8.58. The standard InChI is InChI=1S/C13H14N2OS2/c1-6-4-5-17-10(6)11-14-12(16)9-7(2)8(3)18-13(9)15-11/h4-5,11,15H,1-3H3,(H,14,16). The summed E-state index contributed by atoms with van der Waals surface area (Å²) >= 11 is 3.33. The molecular weight excluding hydrogens is 264 g/mol. The van der Waals surface area contributed by atoms with Gasteiger partial charge in [0, 0.05) is 9.75 Å². The van der Waals surface area contributed by atoms with Gasteiger partial charge in [0.25, 0.3) is 5.91 Å². The molecule has 0 aromatic carbocycles. The third kappa shape index (κ3) is 1.66. The van der Waals surface area contributed by atoms with Crippen molar-refractivity contribution in [3.05, 3.63) is 37.9 Å². The van der Waals surface area contributed by atoms with Gasteiger partial charge in [-0.15, -0.1) is 22.7 Å². The smallest absolute Gasteiger partial charge is 0.256 e. The molecule has 5 heteroatoms. The van der Waals surface area contributed by atoms with Gasteiger partial charge < -0.3 is 10.6 Å². The number of hydrogen-bond donors (Lipinski definition) is 2. The number of hydrogen-bond acceptors (Lipinski definition) is 4. The maximum atomic E-state index is 12.2. The maximum absolute atomic E-state index is 12.2. The van der Waals surface area contributed by atoms with E-state index in [1.165, 1.54) is 15.3 Å². The van der Waals surface area contributed by atoms with E-state index in [9.17, 15) is 4.79 Å². The third-order valence-corrected chi connectivity index (χ3v) is 5.55. The Balaban J connectivity index is 2.02. The summed E-state index contributed by atoms with van der Waals surface area (Å²) in [5.74, 6) is 0.0309. The van der Waals surface area contributed by atoms with Crippen molar-refractivity contribution in [1.82, 2.24) is 5.32 Å². The number of aryl methyl sites for hydroxylation is 2. The zero-order valence-electron chi connectivity index (χ0n) is 10.5. The molecule has 1 amide bonds. The predicted molar refractivity (Wildman–Crippen MR) is 76.7 cm³/mol. The lowest BCUT2D eigenvalue weighted by Gasteiger charge is -2.25. The van der Waals surface area contributed by atoms with Crippen LogP contribution in [0.4, 0.5) is 5.00 Å². The molecule has 18 heavy (non-hydrogen) atoms. The average molecular weight is 278 g/mol. The van der Waals surface area contributed by atoms with Gasteiger partial charge in [-0.25, -0.2) is 0 Å². The van der Waals surface area contributed by atoms with Gasteiger partial charge in [0.1, 0.15) is 11.2 Å². The Morgan fingerprint density at radius 2 is 2.00 bits per heavy atom. The number of amides is 1. The van der Waals surface area contributed by atoms with Gasteiger partial charge in [-0.05, 0) is 43.3 Å². The van der Waals surface area contributed by atoms with Gasteiger partial charge in [0.15, 0.2) is 0 Å². The molecule has 94 valence electrons. The summed E-state index contributed by atoms with van der Waals surface area (Å²) in [6.07, 6.45) is -0.0950. The van der Waals surface area contributed by atoms with Crippen molar-refractivity contribution >= 4 is 33.6 Å². The molecule has 1 unspecified atom stereocenters. The number of carbonyl (C=O) groups excluding carboxylic acids is 1. The Bertz CT molecular complexity index is 627. The van der Waals surface area contributed by atoms with Gasteiger partial charge >= 0.3 is 0 Å². The van der Waals surface area contributed by atoms with Gasteiger partial charge in [-0.3, -0.25) is 4.79 Å². The van der Waals surface area contributed by atoms with Crippen LogP contribution >= 0.6 is 22.7 Å². The lowest BCUT2D eigenvalue weighted by Crippen LogP contribution is -2.37. The fraction of sp³-hybridized carbons (Fsp3) is 0.308. The maximum Gasteiger partial charge on any atom is 0.256 e. The Morgan fingerprint density at radius 1 is 1.22 bits per heavy atom. The van der Waals surface area contributed by atoms with Crippen LogP contribution in [-0.4, -0.2) is 5.91 Å². The first-order valence-corrected chi connectivity index (χ1v) is 7.49. The molecule has 0 saturated carbocycles. The second-order valence-electron chi connectivity index (χ2n) is 4.51. The topological polar surface area (TPSA) is 41.1 Å². The number of thiophene rings is 2. The molecule has 0 bridgehead atoms. The molecule has 2 N–H and O–H groups in total. The Kier molecular flexibility index (Phi) is 2.68. The Morgan fingerprint density at radius 3 is 2.67 bits per heavy atom.